The number of anilines is 1. The average molecular weight is 677 g/mol. The molecule has 0 radical (unpaired) electrons. The number of ether oxygens (including phenoxy) is 2. The number of hydrogen-bond donors (Lipinski definition) is 2. The van der Waals surface area contributed by atoms with Crippen LogP contribution in [0.15, 0.2) is 71.6 Å². The van der Waals surface area contributed by atoms with E-state index in [9.17, 15) is 18.0 Å². The number of nitrogens with zero attached hydrogens (tertiary/aromatic N) is 3. The molecule has 11 nitrogen and oxygen atoms in total. The summed E-state index contributed by atoms with van der Waals surface area (Å²) >= 11 is 12.2. The standard InChI is InChI=1S/C31H35Cl2N5O6S/c32-24-7-10-28(26(33)21-24)44-29-4-2-1-3-27(29)35-45(41,42)25-8-5-23(6-9-25)31(40)34-22-30(39)38-15-13-36(14-16-38)11-12-37-17-19-43-20-18-37/h1-10,21,35H,11-20,22H2,(H,34,40). The molecule has 0 spiro atoms. The molecule has 45 heavy (non-hydrogen) atoms. The van der Waals surface area contributed by atoms with Gasteiger partial charge in [-0.05, 0) is 54.6 Å². The van der Waals surface area contributed by atoms with Crippen LogP contribution in [0.2, 0.25) is 10.0 Å². The van der Waals surface area contributed by atoms with Crippen molar-refractivity contribution in [2.45, 2.75) is 4.90 Å². The molecule has 0 aromatic heterocycles. The van der Waals surface area contributed by atoms with Crippen LogP contribution in [0.1, 0.15) is 10.4 Å². The molecular formula is C31H35Cl2N5O6S. The molecule has 2 aliphatic heterocycles. The summed E-state index contributed by atoms with van der Waals surface area (Å²) in [6, 6.07) is 16.7. The minimum absolute atomic E-state index is 0.0547. The first-order valence-electron chi connectivity index (χ1n) is 14.6. The van der Waals surface area contributed by atoms with Crippen LogP contribution in [0.25, 0.3) is 0 Å². The van der Waals surface area contributed by atoms with Crippen LogP contribution < -0.4 is 14.8 Å². The number of amides is 2. The molecule has 2 aliphatic rings. The van der Waals surface area contributed by atoms with Gasteiger partial charge in [0.2, 0.25) is 5.91 Å². The van der Waals surface area contributed by atoms with Crippen LogP contribution >= 0.6 is 23.2 Å². The van der Waals surface area contributed by atoms with Crippen molar-refractivity contribution in [2.24, 2.45) is 0 Å². The fourth-order valence-corrected chi connectivity index (χ4v) is 6.52. The van der Waals surface area contributed by atoms with E-state index in [0.717, 1.165) is 52.5 Å². The average Bonchev–Trinajstić information content (AvgIpc) is 3.05. The summed E-state index contributed by atoms with van der Waals surface area (Å²) in [5.74, 6) is -0.0768. The van der Waals surface area contributed by atoms with E-state index < -0.39 is 15.9 Å². The van der Waals surface area contributed by atoms with Gasteiger partial charge in [-0.25, -0.2) is 8.42 Å². The maximum atomic E-state index is 13.2. The third-order valence-corrected chi connectivity index (χ3v) is 9.55. The van der Waals surface area contributed by atoms with Gasteiger partial charge in [-0.3, -0.25) is 24.1 Å². The molecule has 2 saturated heterocycles. The fraction of sp³-hybridized carbons (Fsp3) is 0.355. The summed E-state index contributed by atoms with van der Waals surface area (Å²) in [7, 11) is -4.03. The van der Waals surface area contributed by atoms with Crippen molar-refractivity contribution in [3.05, 3.63) is 82.3 Å². The number of carbonyl (C=O) groups is 2. The molecule has 0 bridgehead atoms. The molecule has 0 atom stereocenters. The number of rotatable bonds is 11. The Morgan fingerprint density at radius 1 is 0.822 bits per heavy atom. The minimum atomic E-state index is -4.03. The monoisotopic (exact) mass is 675 g/mol. The first kappa shape index (κ1) is 33.0. The van der Waals surface area contributed by atoms with Gasteiger partial charge in [-0.1, -0.05) is 35.3 Å². The highest BCUT2D eigenvalue weighted by Crippen LogP contribution is 2.35. The molecule has 2 fully saturated rings. The maximum absolute atomic E-state index is 13.2. The second kappa shape index (κ2) is 15.3. The molecule has 2 heterocycles. The van der Waals surface area contributed by atoms with Gasteiger partial charge in [0.05, 0.1) is 35.4 Å². The molecule has 3 aromatic carbocycles. The number of nitrogens with one attached hydrogen (secondary N) is 2. The van der Waals surface area contributed by atoms with E-state index in [2.05, 4.69) is 19.8 Å². The van der Waals surface area contributed by atoms with Crippen molar-refractivity contribution in [1.29, 1.82) is 0 Å². The largest absolute Gasteiger partial charge is 0.454 e. The van der Waals surface area contributed by atoms with Crippen molar-refractivity contribution in [3.63, 3.8) is 0 Å². The third kappa shape index (κ3) is 9.09. The van der Waals surface area contributed by atoms with Crippen LogP contribution in [-0.4, -0.2) is 107 Å². The van der Waals surface area contributed by atoms with Crippen molar-refractivity contribution in [1.82, 2.24) is 20.0 Å². The number of morpholine rings is 1. The number of sulfonamides is 1. The van der Waals surface area contributed by atoms with Gasteiger partial charge in [-0.15, -0.1) is 0 Å². The lowest BCUT2D eigenvalue weighted by Gasteiger charge is -2.36. The van der Waals surface area contributed by atoms with Crippen molar-refractivity contribution < 1.29 is 27.5 Å². The predicted octanol–water partition coefficient (Wildman–Crippen LogP) is 3.79. The molecule has 5 rings (SSSR count). The van der Waals surface area contributed by atoms with Crippen molar-refractivity contribution in [2.75, 3.05) is 76.8 Å². The topological polar surface area (TPSA) is 121 Å². The SMILES string of the molecule is O=C(NCC(=O)N1CCN(CCN2CCOCC2)CC1)c1ccc(S(=O)(=O)Nc2ccccc2Oc2ccc(Cl)cc2Cl)cc1. The van der Waals surface area contributed by atoms with Gasteiger partial charge < -0.3 is 19.7 Å². The fourth-order valence-electron chi connectivity index (χ4n) is 5.00. The summed E-state index contributed by atoms with van der Waals surface area (Å²) < 4.78 is 40.1. The summed E-state index contributed by atoms with van der Waals surface area (Å²) in [6.07, 6.45) is 0. The quantitative estimate of drug-likeness (QED) is 0.315. The summed E-state index contributed by atoms with van der Waals surface area (Å²) in [5.41, 5.74) is 0.428. The molecule has 240 valence electrons. The first-order valence-corrected chi connectivity index (χ1v) is 16.8. The lowest BCUT2D eigenvalue weighted by atomic mass is 10.2. The highest BCUT2D eigenvalue weighted by Gasteiger charge is 2.23. The van der Waals surface area contributed by atoms with Gasteiger partial charge in [0.15, 0.2) is 5.75 Å². The Kier molecular flexibility index (Phi) is 11.2. The van der Waals surface area contributed by atoms with E-state index in [0.29, 0.717) is 23.9 Å². The summed E-state index contributed by atoms with van der Waals surface area (Å²) in [4.78, 5) is 31.9. The van der Waals surface area contributed by atoms with Gasteiger partial charge >= 0.3 is 0 Å². The van der Waals surface area contributed by atoms with Crippen LogP contribution in [0.3, 0.4) is 0 Å². The van der Waals surface area contributed by atoms with Crippen molar-refractivity contribution in [3.8, 4) is 11.5 Å². The van der Waals surface area contributed by atoms with Gasteiger partial charge in [0.1, 0.15) is 5.75 Å². The molecule has 0 unspecified atom stereocenters. The van der Waals surface area contributed by atoms with Crippen LogP contribution in [-0.2, 0) is 19.6 Å². The van der Waals surface area contributed by atoms with E-state index >= 15 is 0 Å². The highest BCUT2D eigenvalue weighted by atomic mass is 35.5. The molecule has 0 saturated carbocycles. The Hall–Kier alpha value is -3.39. The number of benzene rings is 3. The molecule has 3 aromatic rings. The Labute approximate surface area is 273 Å². The zero-order valence-corrected chi connectivity index (χ0v) is 26.9. The number of para-hydroxylation sites is 2. The zero-order valence-electron chi connectivity index (χ0n) is 24.6. The Morgan fingerprint density at radius 3 is 2.18 bits per heavy atom. The smallest absolute Gasteiger partial charge is 0.262 e. The summed E-state index contributed by atoms with van der Waals surface area (Å²) in [6.45, 7) is 8.09. The van der Waals surface area contributed by atoms with Crippen LogP contribution in [0, 0.1) is 0 Å². The van der Waals surface area contributed by atoms with Gasteiger partial charge in [0, 0.05) is 62.9 Å². The molecular weight excluding hydrogens is 641 g/mol. The Morgan fingerprint density at radius 2 is 1.49 bits per heavy atom. The van der Waals surface area contributed by atoms with E-state index in [1.54, 1.807) is 41.3 Å². The zero-order chi connectivity index (χ0) is 31.8. The van der Waals surface area contributed by atoms with E-state index in [1.165, 1.54) is 30.3 Å². The molecule has 0 aliphatic carbocycles. The normalized spacial score (nSPS) is 16.3. The first-order chi connectivity index (χ1) is 21.7. The van der Waals surface area contributed by atoms with Crippen molar-refractivity contribution >= 4 is 50.7 Å². The van der Waals surface area contributed by atoms with Gasteiger partial charge in [-0.2, -0.15) is 0 Å². The maximum Gasteiger partial charge on any atom is 0.262 e. The second-order valence-electron chi connectivity index (χ2n) is 10.7. The van der Waals surface area contributed by atoms with E-state index in [1.807, 2.05) is 0 Å². The lowest BCUT2D eigenvalue weighted by Crippen LogP contribution is -2.52. The number of halogens is 2. The number of carbonyl (C=O) groups excluding carboxylic acids is 2. The van der Waals surface area contributed by atoms with E-state index in [4.69, 9.17) is 32.7 Å². The number of piperazine rings is 1. The lowest BCUT2D eigenvalue weighted by molar-refractivity contribution is -0.131. The second-order valence-corrected chi connectivity index (χ2v) is 13.2. The Balaban J connectivity index is 1.10. The van der Waals surface area contributed by atoms with Crippen LogP contribution in [0.5, 0.6) is 11.5 Å². The van der Waals surface area contributed by atoms with Gasteiger partial charge in [0.25, 0.3) is 15.9 Å². The third-order valence-electron chi connectivity index (χ3n) is 7.63. The highest BCUT2D eigenvalue weighted by molar-refractivity contribution is 7.92. The summed E-state index contributed by atoms with van der Waals surface area (Å²) in [5, 5.41) is 3.36. The molecule has 14 heteroatoms. The molecule has 2 N–H and O–H groups in total. The van der Waals surface area contributed by atoms with E-state index in [-0.39, 0.29) is 39.4 Å². The predicted molar refractivity (Wildman–Crippen MR) is 173 cm³/mol. The minimum Gasteiger partial charge on any atom is -0.454 e. The number of hydrogen-bond acceptors (Lipinski definition) is 8. The Bertz CT molecular complexity index is 1590. The molecule has 2 amide bonds. The van der Waals surface area contributed by atoms with Crippen LogP contribution in [0.4, 0.5) is 5.69 Å².